The number of Topliss-reactive ketones (excluding diaryl/α,β-unsaturated/α-hetero) is 1. The van der Waals surface area contributed by atoms with Crippen molar-refractivity contribution in [2.45, 2.75) is 13.8 Å². The second-order valence-electron chi connectivity index (χ2n) is 5.21. The Morgan fingerprint density at radius 1 is 1.42 bits per heavy atom. The van der Waals surface area contributed by atoms with Crippen molar-refractivity contribution in [2.75, 3.05) is 13.7 Å². The molecular formula is C17H16N2O5. The molecule has 0 fully saturated rings. The maximum Gasteiger partial charge on any atom is 0.374 e. The fourth-order valence-corrected chi connectivity index (χ4v) is 2.22. The fourth-order valence-electron chi connectivity index (χ4n) is 2.22. The maximum absolute atomic E-state index is 12.1. The number of fused-ring (bicyclic) bond motifs is 1. The number of nitrogens with zero attached hydrogens (tertiary/aromatic N) is 1. The van der Waals surface area contributed by atoms with Crippen molar-refractivity contribution in [3.05, 3.63) is 29.5 Å². The van der Waals surface area contributed by atoms with Gasteiger partial charge in [0, 0.05) is 16.7 Å². The molecule has 1 aromatic carbocycles. The summed E-state index contributed by atoms with van der Waals surface area (Å²) in [5.74, 6) is -2.03. The third-order valence-electron chi connectivity index (χ3n) is 3.56. The third-order valence-corrected chi connectivity index (χ3v) is 3.56. The highest BCUT2D eigenvalue weighted by Gasteiger charge is 2.24. The number of nitriles is 1. The minimum absolute atomic E-state index is 0.00821. The standard InChI is InChI=1S/C17H16N2O5/c1-9-12-6-11(22-3)4-5-15(12)24-16(9)17(21)23-8-14(20)13(7-18)10(2)19/h4-6,13,19H,8H2,1-3H3/t13-/m0/s1. The topological polar surface area (TPSA) is 113 Å². The molecule has 0 amide bonds. The van der Waals surface area contributed by atoms with Crippen LogP contribution in [0.3, 0.4) is 0 Å². The predicted molar refractivity (Wildman–Crippen MR) is 85.3 cm³/mol. The lowest BCUT2D eigenvalue weighted by Gasteiger charge is -2.06. The van der Waals surface area contributed by atoms with Gasteiger partial charge in [-0.2, -0.15) is 5.26 Å². The summed E-state index contributed by atoms with van der Waals surface area (Å²) in [4.78, 5) is 23.9. The third kappa shape index (κ3) is 3.27. The molecule has 124 valence electrons. The number of rotatable bonds is 6. The quantitative estimate of drug-likeness (QED) is 0.644. The molecule has 24 heavy (non-hydrogen) atoms. The van der Waals surface area contributed by atoms with Crippen molar-refractivity contribution in [1.82, 2.24) is 0 Å². The number of hydrogen-bond donors (Lipinski definition) is 1. The molecule has 0 radical (unpaired) electrons. The summed E-state index contributed by atoms with van der Waals surface area (Å²) >= 11 is 0. The van der Waals surface area contributed by atoms with Crippen LogP contribution in [0.15, 0.2) is 22.6 Å². The summed E-state index contributed by atoms with van der Waals surface area (Å²) in [7, 11) is 1.54. The summed E-state index contributed by atoms with van der Waals surface area (Å²) in [6.07, 6.45) is 0. The van der Waals surface area contributed by atoms with E-state index in [2.05, 4.69) is 0 Å². The van der Waals surface area contributed by atoms with Gasteiger partial charge in [0.2, 0.25) is 5.76 Å². The molecule has 7 nitrogen and oxygen atoms in total. The lowest BCUT2D eigenvalue weighted by Crippen LogP contribution is -2.25. The van der Waals surface area contributed by atoms with Gasteiger partial charge < -0.3 is 19.3 Å². The van der Waals surface area contributed by atoms with Crippen LogP contribution in [0.2, 0.25) is 0 Å². The maximum atomic E-state index is 12.1. The molecule has 0 aliphatic rings. The van der Waals surface area contributed by atoms with E-state index >= 15 is 0 Å². The average Bonchev–Trinajstić information content (AvgIpc) is 2.89. The van der Waals surface area contributed by atoms with Gasteiger partial charge in [0.25, 0.3) is 0 Å². The van der Waals surface area contributed by atoms with Crippen molar-refractivity contribution < 1.29 is 23.5 Å². The molecule has 0 aliphatic carbocycles. The zero-order valence-electron chi connectivity index (χ0n) is 13.5. The molecule has 7 heteroatoms. The zero-order valence-corrected chi connectivity index (χ0v) is 13.5. The van der Waals surface area contributed by atoms with Crippen LogP contribution in [0.1, 0.15) is 23.0 Å². The van der Waals surface area contributed by atoms with Gasteiger partial charge in [-0.15, -0.1) is 0 Å². The van der Waals surface area contributed by atoms with Crippen LogP contribution in [0.4, 0.5) is 0 Å². The molecule has 1 N–H and O–H groups in total. The highest BCUT2D eigenvalue weighted by molar-refractivity contribution is 6.06. The molecule has 1 atom stereocenters. The summed E-state index contributed by atoms with van der Waals surface area (Å²) in [5, 5.41) is 16.9. The van der Waals surface area contributed by atoms with Crippen molar-refractivity contribution in [2.24, 2.45) is 5.92 Å². The smallest absolute Gasteiger partial charge is 0.374 e. The number of benzene rings is 1. The summed E-state index contributed by atoms with van der Waals surface area (Å²) in [6, 6.07) is 6.82. The predicted octanol–water partition coefficient (Wildman–Crippen LogP) is 2.66. The highest BCUT2D eigenvalue weighted by atomic mass is 16.5. The lowest BCUT2D eigenvalue weighted by atomic mass is 10.0. The van der Waals surface area contributed by atoms with E-state index in [1.807, 2.05) is 0 Å². The van der Waals surface area contributed by atoms with Gasteiger partial charge in [-0.1, -0.05) is 0 Å². The Morgan fingerprint density at radius 3 is 2.71 bits per heavy atom. The Balaban J connectivity index is 2.17. The van der Waals surface area contributed by atoms with Gasteiger partial charge in [0.15, 0.2) is 12.4 Å². The van der Waals surface area contributed by atoms with Gasteiger partial charge in [-0.05, 0) is 32.0 Å². The normalized spacial score (nSPS) is 11.6. The van der Waals surface area contributed by atoms with Crippen LogP contribution in [0.5, 0.6) is 5.75 Å². The molecule has 1 aromatic heterocycles. The number of esters is 1. The first-order valence-electron chi connectivity index (χ1n) is 7.10. The monoisotopic (exact) mass is 328 g/mol. The van der Waals surface area contributed by atoms with Crippen LogP contribution >= 0.6 is 0 Å². The van der Waals surface area contributed by atoms with Crippen LogP contribution in [-0.4, -0.2) is 31.2 Å². The van der Waals surface area contributed by atoms with E-state index in [9.17, 15) is 9.59 Å². The second kappa shape index (κ2) is 6.96. The van der Waals surface area contributed by atoms with E-state index in [4.69, 9.17) is 24.6 Å². The summed E-state index contributed by atoms with van der Waals surface area (Å²) in [5.41, 5.74) is 0.976. The van der Waals surface area contributed by atoms with Crippen LogP contribution in [0, 0.1) is 29.6 Å². The number of hydrogen-bond acceptors (Lipinski definition) is 7. The van der Waals surface area contributed by atoms with Crippen molar-refractivity contribution in [1.29, 1.82) is 10.7 Å². The average molecular weight is 328 g/mol. The molecule has 0 saturated carbocycles. The Kier molecular flexibility index (Phi) is 4.99. The minimum atomic E-state index is -1.21. The first-order valence-corrected chi connectivity index (χ1v) is 7.10. The second-order valence-corrected chi connectivity index (χ2v) is 5.21. The number of ketones is 1. The lowest BCUT2D eigenvalue weighted by molar-refractivity contribution is -0.122. The number of methoxy groups -OCH3 is 1. The Hall–Kier alpha value is -3.14. The van der Waals surface area contributed by atoms with E-state index in [-0.39, 0.29) is 11.5 Å². The number of furan rings is 1. The van der Waals surface area contributed by atoms with Gasteiger partial charge >= 0.3 is 5.97 Å². The summed E-state index contributed by atoms with van der Waals surface area (Å²) in [6.45, 7) is 2.46. The molecule has 1 heterocycles. The molecule has 0 unspecified atom stereocenters. The number of carbonyl (C=O) groups is 2. The van der Waals surface area contributed by atoms with Gasteiger partial charge in [0.05, 0.1) is 13.2 Å². The molecule has 0 bridgehead atoms. The molecule has 0 spiro atoms. The van der Waals surface area contributed by atoms with E-state index in [0.717, 1.165) is 0 Å². The zero-order chi connectivity index (χ0) is 17.9. The Labute approximate surface area is 138 Å². The number of aryl methyl sites for hydroxylation is 1. The van der Waals surface area contributed by atoms with E-state index < -0.39 is 24.3 Å². The van der Waals surface area contributed by atoms with E-state index in [1.165, 1.54) is 14.0 Å². The van der Waals surface area contributed by atoms with E-state index in [0.29, 0.717) is 22.3 Å². The largest absolute Gasteiger partial charge is 0.497 e. The first-order chi connectivity index (χ1) is 11.4. The number of nitrogens with one attached hydrogen (secondary N) is 1. The molecule has 0 saturated heterocycles. The fraction of sp³-hybridized carbons (Fsp3) is 0.294. The first kappa shape index (κ1) is 17.2. The number of ether oxygens (including phenoxy) is 2. The van der Waals surface area contributed by atoms with E-state index in [1.54, 1.807) is 31.2 Å². The Bertz CT molecular complexity index is 860. The minimum Gasteiger partial charge on any atom is -0.497 e. The number of carbonyl (C=O) groups excluding carboxylic acids is 2. The molecular weight excluding hydrogens is 312 g/mol. The van der Waals surface area contributed by atoms with Gasteiger partial charge in [-0.25, -0.2) is 4.79 Å². The van der Waals surface area contributed by atoms with Crippen LogP contribution < -0.4 is 4.74 Å². The van der Waals surface area contributed by atoms with Gasteiger partial charge in [-0.3, -0.25) is 4.79 Å². The SMILES string of the molecule is COc1ccc2oc(C(=O)OCC(=O)[C@@H](C#N)C(C)=N)c(C)c2c1. The molecule has 0 aliphatic heterocycles. The van der Waals surface area contributed by atoms with Gasteiger partial charge in [0.1, 0.15) is 17.3 Å². The van der Waals surface area contributed by atoms with Crippen molar-refractivity contribution >= 4 is 28.4 Å². The van der Waals surface area contributed by atoms with Crippen LogP contribution in [-0.2, 0) is 9.53 Å². The summed E-state index contributed by atoms with van der Waals surface area (Å²) < 4.78 is 15.5. The Morgan fingerprint density at radius 2 is 2.12 bits per heavy atom. The molecule has 2 aromatic rings. The van der Waals surface area contributed by atoms with Crippen molar-refractivity contribution in [3.63, 3.8) is 0 Å². The van der Waals surface area contributed by atoms with Crippen LogP contribution in [0.25, 0.3) is 11.0 Å². The van der Waals surface area contributed by atoms with Crippen molar-refractivity contribution in [3.8, 4) is 11.8 Å². The highest BCUT2D eigenvalue weighted by Crippen LogP contribution is 2.29. The molecule has 2 rings (SSSR count).